The first-order chi connectivity index (χ1) is 12.2. The van der Waals surface area contributed by atoms with Crippen molar-refractivity contribution in [3.8, 4) is 11.5 Å². The number of para-hydroxylation sites is 1. The van der Waals surface area contributed by atoms with Crippen molar-refractivity contribution >= 4 is 22.8 Å². The number of rotatable bonds is 4. The summed E-state index contributed by atoms with van der Waals surface area (Å²) in [6, 6.07) is 11.3. The molecule has 2 N–H and O–H groups in total. The molecule has 0 radical (unpaired) electrons. The first kappa shape index (κ1) is 15.4. The van der Waals surface area contributed by atoms with Gasteiger partial charge < -0.3 is 19.6 Å². The largest absolute Gasteiger partial charge is 0.453 e. The highest BCUT2D eigenvalue weighted by molar-refractivity contribution is 5.84. The molecule has 1 aliphatic heterocycles. The number of benzene rings is 1. The number of hydrogen-bond acceptors (Lipinski definition) is 5. The number of nitrogens with zero attached hydrogens (tertiary/aromatic N) is 1. The summed E-state index contributed by atoms with van der Waals surface area (Å²) in [6.07, 6.45) is 0.957. The van der Waals surface area contributed by atoms with E-state index < -0.39 is 0 Å². The van der Waals surface area contributed by atoms with Crippen LogP contribution in [0.5, 0.6) is 0 Å². The van der Waals surface area contributed by atoms with Crippen molar-refractivity contribution in [3.05, 3.63) is 42.1 Å². The van der Waals surface area contributed by atoms with E-state index in [4.69, 9.17) is 8.94 Å². The first-order valence-corrected chi connectivity index (χ1v) is 8.18. The third-order valence-corrected chi connectivity index (χ3v) is 4.31. The molecule has 0 bridgehead atoms. The quantitative estimate of drug-likeness (QED) is 0.760. The molecule has 1 atom stereocenters. The van der Waals surface area contributed by atoms with Gasteiger partial charge in [-0.3, -0.25) is 9.59 Å². The normalized spacial score (nSPS) is 17.4. The molecule has 3 heterocycles. The Kier molecular flexibility index (Phi) is 3.97. The maximum absolute atomic E-state index is 12.1. The smallest absolute Gasteiger partial charge is 0.225 e. The van der Waals surface area contributed by atoms with Crippen LogP contribution in [0.4, 0.5) is 0 Å². The van der Waals surface area contributed by atoms with Crippen molar-refractivity contribution in [2.24, 2.45) is 5.92 Å². The van der Waals surface area contributed by atoms with E-state index in [-0.39, 0.29) is 24.3 Å². The van der Waals surface area contributed by atoms with Gasteiger partial charge in [-0.15, -0.1) is 0 Å². The Balaban J connectivity index is 1.39. The number of aromatic nitrogens is 1. The van der Waals surface area contributed by atoms with Crippen molar-refractivity contribution in [2.75, 3.05) is 6.54 Å². The molecule has 25 heavy (non-hydrogen) atoms. The van der Waals surface area contributed by atoms with Crippen LogP contribution in [0.15, 0.2) is 45.3 Å². The van der Waals surface area contributed by atoms with Crippen molar-refractivity contribution in [1.29, 1.82) is 0 Å². The molecule has 128 valence electrons. The molecule has 1 fully saturated rings. The van der Waals surface area contributed by atoms with E-state index >= 15 is 0 Å². The SMILES string of the molecule is O=C1CCC(C(=O)NCc2cc(-c3cc4ccccc4o3)on2)CN1. The summed E-state index contributed by atoms with van der Waals surface area (Å²) in [7, 11) is 0. The van der Waals surface area contributed by atoms with Crippen LogP contribution in [-0.2, 0) is 16.1 Å². The number of piperidine rings is 1. The van der Waals surface area contributed by atoms with Crippen molar-refractivity contribution in [1.82, 2.24) is 15.8 Å². The Morgan fingerprint density at radius 1 is 1.28 bits per heavy atom. The highest BCUT2D eigenvalue weighted by atomic mass is 16.5. The summed E-state index contributed by atoms with van der Waals surface area (Å²) in [5.74, 6) is 0.829. The molecular weight excluding hydrogens is 322 g/mol. The van der Waals surface area contributed by atoms with Gasteiger partial charge in [-0.25, -0.2) is 0 Å². The minimum atomic E-state index is -0.195. The van der Waals surface area contributed by atoms with E-state index in [0.29, 0.717) is 36.6 Å². The second-order valence-electron chi connectivity index (χ2n) is 6.09. The predicted molar refractivity (Wildman–Crippen MR) is 89.3 cm³/mol. The van der Waals surface area contributed by atoms with Crippen molar-refractivity contribution < 1.29 is 18.5 Å². The molecule has 7 heteroatoms. The Bertz CT molecular complexity index is 884. The predicted octanol–water partition coefficient (Wildman–Crippen LogP) is 2.23. The summed E-state index contributed by atoms with van der Waals surface area (Å²) in [5.41, 5.74) is 1.40. The minimum Gasteiger partial charge on any atom is -0.453 e. The zero-order valence-corrected chi connectivity index (χ0v) is 13.5. The van der Waals surface area contributed by atoms with Gasteiger partial charge in [0.25, 0.3) is 0 Å². The fourth-order valence-electron chi connectivity index (χ4n) is 2.89. The van der Waals surface area contributed by atoms with E-state index in [1.807, 2.05) is 30.3 Å². The molecule has 1 unspecified atom stereocenters. The second-order valence-corrected chi connectivity index (χ2v) is 6.09. The standard InChI is InChI=1S/C18H17N3O4/c22-17-6-5-12(9-19-17)18(23)20-10-13-8-16(25-21-13)15-7-11-3-1-2-4-14(11)24-15/h1-4,7-8,12H,5-6,9-10H2,(H,19,22)(H,20,23). The van der Waals surface area contributed by atoms with Gasteiger partial charge in [0.05, 0.1) is 12.5 Å². The fraction of sp³-hybridized carbons (Fsp3) is 0.278. The van der Waals surface area contributed by atoms with Crippen molar-refractivity contribution in [3.63, 3.8) is 0 Å². The maximum Gasteiger partial charge on any atom is 0.225 e. The van der Waals surface area contributed by atoms with Gasteiger partial charge in [0.15, 0.2) is 5.76 Å². The number of amides is 2. The van der Waals surface area contributed by atoms with Crippen LogP contribution < -0.4 is 10.6 Å². The molecule has 2 aromatic heterocycles. The van der Waals surface area contributed by atoms with Crippen molar-refractivity contribution in [2.45, 2.75) is 19.4 Å². The van der Waals surface area contributed by atoms with Gasteiger partial charge in [-0.2, -0.15) is 0 Å². The molecule has 1 saturated heterocycles. The molecule has 1 aromatic carbocycles. The molecule has 2 amide bonds. The van der Waals surface area contributed by atoms with Crippen LogP contribution in [0.25, 0.3) is 22.5 Å². The lowest BCUT2D eigenvalue weighted by Gasteiger charge is -2.21. The lowest BCUT2D eigenvalue weighted by atomic mass is 9.98. The molecule has 0 aliphatic carbocycles. The number of carbonyl (C=O) groups is 2. The molecule has 7 nitrogen and oxygen atoms in total. The molecule has 3 aromatic rings. The zero-order valence-electron chi connectivity index (χ0n) is 13.5. The number of fused-ring (bicyclic) bond motifs is 1. The van der Waals surface area contributed by atoms with E-state index in [2.05, 4.69) is 15.8 Å². The lowest BCUT2D eigenvalue weighted by molar-refractivity contribution is -0.129. The highest BCUT2D eigenvalue weighted by Gasteiger charge is 2.24. The Hall–Kier alpha value is -3.09. The average Bonchev–Trinajstić information content (AvgIpc) is 3.26. The Morgan fingerprint density at radius 3 is 2.96 bits per heavy atom. The summed E-state index contributed by atoms with van der Waals surface area (Å²) in [6.45, 7) is 0.653. The fourth-order valence-corrected chi connectivity index (χ4v) is 2.89. The summed E-state index contributed by atoms with van der Waals surface area (Å²) < 4.78 is 11.1. The molecule has 0 saturated carbocycles. The van der Waals surface area contributed by atoms with Gasteiger partial charge in [-0.05, 0) is 18.6 Å². The zero-order chi connectivity index (χ0) is 17.2. The summed E-state index contributed by atoms with van der Waals surface area (Å²) >= 11 is 0. The van der Waals surface area contributed by atoms with E-state index in [0.717, 1.165) is 11.0 Å². The van der Waals surface area contributed by atoms with E-state index in [1.54, 1.807) is 6.07 Å². The van der Waals surface area contributed by atoms with Gasteiger partial charge in [-0.1, -0.05) is 23.4 Å². The van der Waals surface area contributed by atoms with Gasteiger partial charge in [0.2, 0.25) is 17.6 Å². The molecule has 0 spiro atoms. The van der Waals surface area contributed by atoms with Gasteiger partial charge in [0, 0.05) is 24.4 Å². The van der Waals surface area contributed by atoms with Crippen LogP contribution in [0.3, 0.4) is 0 Å². The van der Waals surface area contributed by atoms with Crippen LogP contribution >= 0.6 is 0 Å². The van der Waals surface area contributed by atoms with E-state index in [9.17, 15) is 9.59 Å². The second kappa shape index (κ2) is 6.43. The Morgan fingerprint density at radius 2 is 2.16 bits per heavy atom. The number of nitrogens with one attached hydrogen (secondary N) is 2. The van der Waals surface area contributed by atoms with Crippen LogP contribution in [-0.4, -0.2) is 23.5 Å². The third kappa shape index (κ3) is 3.26. The van der Waals surface area contributed by atoms with Gasteiger partial charge >= 0.3 is 0 Å². The minimum absolute atomic E-state index is 0.00368. The van der Waals surface area contributed by atoms with Gasteiger partial charge in [0.1, 0.15) is 11.3 Å². The number of hydrogen-bond donors (Lipinski definition) is 2. The topological polar surface area (TPSA) is 97.4 Å². The van der Waals surface area contributed by atoms with E-state index in [1.165, 1.54) is 0 Å². The first-order valence-electron chi connectivity index (χ1n) is 8.18. The lowest BCUT2D eigenvalue weighted by Crippen LogP contribution is -2.42. The Labute approximate surface area is 143 Å². The third-order valence-electron chi connectivity index (χ3n) is 4.31. The maximum atomic E-state index is 12.1. The van der Waals surface area contributed by atoms with Crippen LogP contribution in [0.1, 0.15) is 18.5 Å². The highest BCUT2D eigenvalue weighted by Crippen LogP contribution is 2.28. The monoisotopic (exact) mass is 339 g/mol. The average molecular weight is 339 g/mol. The molecule has 1 aliphatic rings. The number of furan rings is 1. The molecular formula is C18H17N3O4. The summed E-state index contributed by atoms with van der Waals surface area (Å²) in [5, 5.41) is 10.5. The summed E-state index contributed by atoms with van der Waals surface area (Å²) in [4.78, 5) is 23.3. The van der Waals surface area contributed by atoms with Crippen LogP contribution in [0, 0.1) is 5.92 Å². The molecule has 4 rings (SSSR count). The number of carbonyl (C=O) groups excluding carboxylic acids is 2. The van der Waals surface area contributed by atoms with Crippen LogP contribution in [0.2, 0.25) is 0 Å².